The van der Waals surface area contributed by atoms with Crippen LogP contribution in [-0.2, 0) is 0 Å². The molecule has 2 heterocycles. The van der Waals surface area contributed by atoms with Gasteiger partial charge in [0.1, 0.15) is 23.3 Å². The maximum Gasteiger partial charge on any atom is 0.155 e. The van der Waals surface area contributed by atoms with Gasteiger partial charge in [-0.25, -0.2) is 9.37 Å². The molecular weight excluding hydrogens is 269 g/mol. The van der Waals surface area contributed by atoms with E-state index < -0.39 is 5.82 Å². The number of anilines is 1. The predicted molar refractivity (Wildman–Crippen MR) is 76.4 cm³/mol. The van der Waals surface area contributed by atoms with E-state index >= 15 is 0 Å². The summed E-state index contributed by atoms with van der Waals surface area (Å²) in [6.45, 7) is 3.39. The highest BCUT2D eigenvalue weighted by atomic mass is 19.1. The normalized spacial score (nSPS) is 18.5. The number of piperidine rings is 1. The number of aromatic amines is 1. The molecule has 1 aliphatic heterocycles. The molecule has 1 aromatic heterocycles. The van der Waals surface area contributed by atoms with Crippen molar-refractivity contribution >= 4 is 5.69 Å². The van der Waals surface area contributed by atoms with Crippen LogP contribution in [-0.4, -0.2) is 28.3 Å². The molecule has 5 nitrogen and oxygen atoms in total. The van der Waals surface area contributed by atoms with E-state index in [9.17, 15) is 4.39 Å². The molecule has 1 unspecified atom stereocenters. The minimum absolute atomic E-state index is 0.115. The van der Waals surface area contributed by atoms with Crippen LogP contribution in [0.25, 0.3) is 0 Å². The number of hydrogen-bond donors (Lipinski definition) is 1. The zero-order chi connectivity index (χ0) is 14.8. The average molecular weight is 285 g/mol. The molecule has 0 aliphatic carbocycles. The minimum atomic E-state index is -0.467. The molecule has 3 rings (SSSR count). The standard InChI is InChI=1S/C15H16FN5/c1-10-18-15(20-19-10)11-4-3-7-21(9-11)14-6-2-5-13(16)12(14)8-17/h2,5-6,11H,3-4,7,9H2,1H3,(H,18,19,20). The summed E-state index contributed by atoms with van der Waals surface area (Å²) in [5.74, 6) is 1.34. The highest BCUT2D eigenvalue weighted by Gasteiger charge is 2.26. The molecule has 0 saturated carbocycles. The summed E-state index contributed by atoms with van der Waals surface area (Å²) in [5.41, 5.74) is 0.777. The number of nitriles is 1. The van der Waals surface area contributed by atoms with E-state index in [4.69, 9.17) is 5.26 Å². The number of hydrogen-bond acceptors (Lipinski definition) is 4. The summed E-state index contributed by atoms with van der Waals surface area (Å²) in [4.78, 5) is 6.45. The van der Waals surface area contributed by atoms with Gasteiger partial charge >= 0.3 is 0 Å². The van der Waals surface area contributed by atoms with Crippen LogP contribution in [0.4, 0.5) is 10.1 Å². The number of aromatic nitrogens is 3. The third kappa shape index (κ3) is 2.59. The molecule has 1 atom stereocenters. The summed E-state index contributed by atoms with van der Waals surface area (Å²) in [6, 6.07) is 6.73. The van der Waals surface area contributed by atoms with Crippen LogP contribution in [0.2, 0.25) is 0 Å². The average Bonchev–Trinajstić information content (AvgIpc) is 2.94. The van der Waals surface area contributed by atoms with E-state index in [1.807, 2.05) is 13.0 Å². The summed E-state index contributed by atoms with van der Waals surface area (Å²) in [5, 5.41) is 16.3. The molecule has 1 saturated heterocycles. The van der Waals surface area contributed by atoms with Gasteiger partial charge in [-0.05, 0) is 31.9 Å². The van der Waals surface area contributed by atoms with Crippen LogP contribution in [0.1, 0.15) is 36.0 Å². The minimum Gasteiger partial charge on any atom is -0.370 e. The number of rotatable bonds is 2. The van der Waals surface area contributed by atoms with Gasteiger partial charge < -0.3 is 4.90 Å². The van der Waals surface area contributed by atoms with Crippen molar-refractivity contribution in [2.75, 3.05) is 18.0 Å². The van der Waals surface area contributed by atoms with Crippen LogP contribution in [0.5, 0.6) is 0 Å². The summed E-state index contributed by atoms with van der Waals surface area (Å²) in [7, 11) is 0. The zero-order valence-corrected chi connectivity index (χ0v) is 11.8. The highest BCUT2D eigenvalue weighted by molar-refractivity contribution is 5.60. The first-order valence-corrected chi connectivity index (χ1v) is 7.01. The summed E-state index contributed by atoms with van der Waals surface area (Å²) in [6.07, 6.45) is 1.98. The quantitative estimate of drug-likeness (QED) is 0.920. The van der Waals surface area contributed by atoms with E-state index in [-0.39, 0.29) is 11.5 Å². The van der Waals surface area contributed by atoms with Gasteiger partial charge in [0, 0.05) is 19.0 Å². The monoisotopic (exact) mass is 285 g/mol. The fraction of sp³-hybridized carbons (Fsp3) is 0.400. The Morgan fingerprint density at radius 2 is 2.33 bits per heavy atom. The topological polar surface area (TPSA) is 68.6 Å². The maximum atomic E-state index is 13.8. The van der Waals surface area contributed by atoms with Gasteiger partial charge in [0.15, 0.2) is 5.82 Å². The lowest BCUT2D eigenvalue weighted by Gasteiger charge is -2.33. The molecule has 0 bridgehead atoms. The number of H-pyrrole nitrogens is 1. The van der Waals surface area contributed by atoms with Crippen molar-refractivity contribution < 1.29 is 4.39 Å². The van der Waals surface area contributed by atoms with Gasteiger partial charge in [-0.15, -0.1) is 0 Å². The van der Waals surface area contributed by atoms with Crippen LogP contribution < -0.4 is 4.90 Å². The van der Waals surface area contributed by atoms with E-state index in [0.29, 0.717) is 12.2 Å². The molecule has 1 aromatic carbocycles. The number of halogens is 1. The molecule has 1 N–H and O–H groups in total. The first-order valence-electron chi connectivity index (χ1n) is 7.01. The van der Waals surface area contributed by atoms with Crippen molar-refractivity contribution in [3.63, 3.8) is 0 Å². The predicted octanol–water partition coefficient (Wildman–Crippen LogP) is 2.51. The molecule has 1 aliphatic rings. The lowest BCUT2D eigenvalue weighted by atomic mass is 9.96. The Morgan fingerprint density at radius 1 is 1.48 bits per heavy atom. The second-order valence-corrected chi connectivity index (χ2v) is 5.31. The van der Waals surface area contributed by atoms with E-state index in [2.05, 4.69) is 20.1 Å². The third-order valence-corrected chi connectivity index (χ3v) is 3.85. The van der Waals surface area contributed by atoms with Crippen LogP contribution in [0, 0.1) is 24.1 Å². The van der Waals surface area contributed by atoms with Gasteiger partial charge in [0.2, 0.25) is 0 Å². The van der Waals surface area contributed by atoms with Gasteiger partial charge in [-0.3, -0.25) is 5.10 Å². The van der Waals surface area contributed by atoms with Crippen LogP contribution in [0.15, 0.2) is 18.2 Å². The lowest BCUT2D eigenvalue weighted by molar-refractivity contribution is 0.491. The van der Waals surface area contributed by atoms with Crippen LogP contribution in [0.3, 0.4) is 0 Å². The molecule has 0 amide bonds. The number of nitrogens with zero attached hydrogens (tertiary/aromatic N) is 4. The molecule has 21 heavy (non-hydrogen) atoms. The van der Waals surface area contributed by atoms with E-state index in [1.165, 1.54) is 6.07 Å². The Hall–Kier alpha value is -2.42. The largest absolute Gasteiger partial charge is 0.370 e. The van der Waals surface area contributed by atoms with Gasteiger partial charge in [0.25, 0.3) is 0 Å². The Morgan fingerprint density at radius 3 is 3.05 bits per heavy atom. The second kappa shape index (κ2) is 5.52. The fourth-order valence-corrected chi connectivity index (χ4v) is 2.84. The number of nitrogens with one attached hydrogen (secondary N) is 1. The van der Waals surface area contributed by atoms with Crippen molar-refractivity contribution in [3.05, 3.63) is 41.2 Å². The SMILES string of the molecule is Cc1nc(C2CCCN(c3cccc(F)c3C#N)C2)n[nH]1. The molecule has 0 radical (unpaired) electrons. The third-order valence-electron chi connectivity index (χ3n) is 3.85. The van der Waals surface area contributed by atoms with Crippen molar-refractivity contribution in [1.82, 2.24) is 15.2 Å². The van der Waals surface area contributed by atoms with Gasteiger partial charge in [0.05, 0.1) is 5.69 Å². The summed E-state index contributed by atoms with van der Waals surface area (Å²) >= 11 is 0. The molecule has 1 fully saturated rings. The number of benzene rings is 1. The van der Waals surface area contributed by atoms with Gasteiger partial charge in [-0.2, -0.15) is 10.4 Å². The first-order chi connectivity index (χ1) is 10.2. The van der Waals surface area contributed by atoms with Crippen molar-refractivity contribution in [2.24, 2.45) is 0 Å². The van der Waals surface area contributed by atoms with Crippen molar-refractivity contribution in [1.29, 1.82) is 5.26 Å². The molecule has 2 aromatic rings. The fourth-order valence-electron chi connectivity index (χ4n) is 2.84. The van der Waals surface area contributed by atoms with Crippen molar-refractivity contribution in [3.8, 4) is 6.07 Å². The first kappa shape index (κ1) is 13.6. The van der Waals surface area contributed by atoms with E-state index in [0.717, 1.165) is 31.0 Å². The molecule has 108 valence electrons. The van der Waals surface area contributed by atoms with Crippen molar-refractivity contribution in [2.45, 2.75) is 25.7 Å². The van der Waals surface area contributed by atoms with E-state index in [1.54, 1.807) is 12.1 Å². The Labute approximate surface area is 122 Å². The van der Waals surface area contributed by atoms with Gasteiger partial charge in [-0.1, -0.05) is 6.07 Å². The zero-order valence-electron chi connectivity index (χ0n) is 11.8. The molecule has 6 heteroatoms. The second-order valence-electron chi connectivity index (χ2n) is 5.31. The number of aryl methyl sites for hydroxylation is 1. The Kier molecular flexibility index (Phi) is 3.57. The highest BCUT2D eigenvalue weighted by Crippen LogP contribution is 2.30. The Balaban J connectivity index is 1.87. The summed E-state index contributed by atoms with van der Waals surface area (Å²) < 4.78 is 13.8. The Bertz CT molecular complexity index is 688. The molecule has 0 spiro atoms. The maximum absolute atomic E-state index is 13.8. The van der Waals surface area contributed by atoms with Crippen LogP contribution >= 0.6 is 0 Å². The smallest absolute Gasteiger partial charge is 0.155 e. The lowest BCUT2D eigenvalue weighted by Crippen LogP contribution is -2.35. The molecular formula is C15H16FN5.